The van der Waals surface area contributed by atoms with E-state index in [1.165, 1.54) is 61.6 Å². The van der Waals surface area contributed by atoms with Crippen LogP contribution in [0.4, 0.5) is 0 Å². The first-order valence-electron chi connectivity index (χ1n) is 16.6. The molecule has 2 saturated carbocycles. The fourth-order valence-corrected chi connectivity index (χ4v) is 9.37. The van der Waals surface area contributed by atoms with Gasteiger partial charge in [-0.05, 0) is 108 Å². The number of aliphatic hydroxyl groups is 1. The SMILES string of the molecule is COc1ccc2c3c1O[C@H]1[C@H](N(CCCCCCc4ccccc4)C(C)C)CC[C@@]4(O)[C@@H](C2)N(CC2CC2)CC[C@]314. The Labute approximate surface area is 247 Å². The van der Waals surface area contributed by atoms with E-state index in [9.17, 15) is 5.11 Å². The number of hydrogen-bond acceptors (Lipinski definition) is 5. The van der Waals surface area contributed by atoms with E-state index in [2.05, 4.69) is 66.1 Å². The average Bonchev–Trinajstić information content (AvgIpc) is 3.72. The van der Waals surface area contributed by atoms with Crippen molar-refractivity contribution in [3.05, 3.63) is 59.2 Å². The lowest BCUT2D eigenvalue weighted by atomic mass is 9.48. The van der Waals surface area contributed by atoms with Crippen molar-refractivity contribution < 1.29 is 14.6 Å². The van der Waals surface area contributed by atoms with Crippen molar-refractivity contribution in [1.29, 1.82) is 0 Å². The molecule has 2 aromatic carbocycles. The van der Waals surface area contributed by atoms with Gasteiger partial charge in [0.25, 0.3) is 0 Å². The maximum Gasteiger partial charge on any atom is 0.165 e. The molecule has 1 N–H and O–H groups in total. The Morgan fingerprint density at radius 1 is 1.02 bits per heavy atom. The molecule has 5 nitrogen and oxygen atoms in total. The molecule has 5 atom stereocenters. The Bertz CT molecular complexity index is 1230. The Morgan fingerprint density at radius 3 is 2.59 bits per heavy atom. The van der Waals surface area contributed by atoms with Crippen LogP contribution in [0.25, 0.3) is 0 Å². The minimum absolute atomic E-state index is 0.0299. The van der Waals surface area contributed by atoms with Gasteiger partial charge in [-0.25, -0.2) is 0 Å². The summed E-state index contributed by atoms with van der Waals surface area (Å²) in [6.07, 6.45) is 12.6. The summed E-state index contributed by atoms with van der Waals surface area (Å²) >= 11 is 0. The van der Waals surface area contributed by atoms with Gasteiger partial charge in [0.05, 0.1) is 18.1 Å². The number of aryl methyl sites for hydroxylation is 1. The zero-order chi connectivity index (χ0) is 28.2. The third-order valence-electron chi connectivity index (χ3n) is 11.5. The predicted molar refractivity (Wildman–Crippen MR) is 164 cm³/mol. The van der Waals surface area contributed by atoms with Crippen LogP contribution < -0.4 is 9.47 Å². The van der Waals surface area contributed by atoms with E-state index in [1.54, 1.807) is 7.11 Å². The van der Waals surface area contributed by atoms with E-state index in [0.29, 0.717) is 12.1 Å². The summed E-state index contributed by atoms with van der Waals surface area (Å²) < 4.78 is 13.0. The molecule has 2 aliphatic heterocycles. The third kappa shape index (κ3) is 4.53. The lowest BCUT2D eigenvalue weighted by Crippen LogP contribution is -2.78. The molecule has 3 aliphatic carbocycles. The molecule has 0 unspecified atom stereocenters. The molecule has 5 aliphatic rings. The molecule has 0 radical (unpaired) electrons. The smallest absolute Gasteiger partial charge is 0.165 e. The van der Waals surface area contributed by atoms with Crippen LogP contribution in [-0.2, 0) is 18.3 Å². The zero-order valence-electron chi connectivity index (χ0n) is 25.5. The summed E-state index contributed by atoms with van der Waals surface area (Å²) in [6.45, 7) is 8.02. The highest BCUT2D eigenvalue weighted by Gasteiger charge is 2.73. The van der Waals surface area contributed by atoms with E-state index in [1.807, 2.05) is 0 Å². The van der Waals surface area contributed by atoms with Gasteiger partial charge in [-0.3, -0.25) is 9.80 Å². The van der Waals surface area contributed by atoms with Gasteiger partial charge in [0.1, 0.15) is 6.10 Å². The Hall–Kier alpha value is -2.08. The van der Waals surface area contributed by atoms with Crippen LogP contribution in [0.3, 0.4) is 0 Å². The molecule has 222 valence electrons. The highest BCUT2D eigenvalue weighted by molar-refractivity contribution is 5.63. The van der Waals surface area contributed by atoms with Crippen molar-refractivity contribution >= 4 is 0 Å². The largest absolute Gasteiger partial charge is 0.493 e. The van der Waals surface area contributed by atoms with E-state index >= 15 is 0 Å². The molecule has 2 heterocycles. The minimum Gasteiger partial charge on any atom is -0.493 e. The number of nitrogens with zero attached hydrogens (tertiary/aromatic N) is 2. The second kappa shape index (κ2) is 10.9. The summed E-state index contributed by atoms with van der Waals surface area (Å²) in [5.74, 6) is 2.59. The van der Waals surface area contributed by atoms with Crippen LogP contribution in [0.2, 0.25) is 0 Å². The van der Waals surface area contributed by atoms with Gasteiger partial charge < -0.3 is 14.6 Å². The van der Waals surface area contributed by atoms with Gasteiger partial charge in [-0.15, -0.1) is 0 Å². The lowest BCUT2D eigenvalue weighted by Gasteiger charge is -2.65. The Balaban J connectivity index is 1.12. The van der Waals surface area contributed by atoms with Gasteiger partial charge in [0.2, 0.25) is 0 Å². The quantitative estimate of drug-likeness (QED) is 0.317. The van der Waals surface area contributed by atoms with E-state index in [-0.39, 0.29) is 17.6 Å². The number of likely N-dealkylation sites (tertiary alicyclic amines) is 1. The van der Waals surface area contributed by atoms with Crippen LogP contribution in [-0.4, -0.2) is 71.5 Å². The number of unbranched alkanes of at least 4 members (excludes halogenated alkanes) is 3. The van der Waals surface area contributed by atoms with Gasteiger partial charge in [-0.1, -0.05) is 49.2 Å². The van der Waals surface area contributed by atoms with Crippen LogP contribution in [0.1, 0.15) is 88.3 Å². The summed E-state index contributed by atoms with van der Waals surface area (Å²) in [6, 6.07) is 16.2. The molecular formula is C36H50N2O3. The van der Waals surface area contributed by atoms with Crippen molar-refractivity contribution in [3.63, 3.8) is 0 Å². The maximum atomic E-state index is 12.9. The van der Waals surface area contributed by atoms with Crippen molar-refractivity contribution in [2.24, 2.45) is 5.92 Å². The zero-order valence-corrected chi connectivity index (χ0v) is 25.5. The van der Waals surface area contributed by atoms with Crippen LogP contribution in [0.15, 0.2) is 42.5 Å². The normalized spacial score (nSPS) is 31.8. The molecule has 5 heteroatoms. The standard InChI is InChI=1S/C36H50N2O3/c1-25(2)38(21-10-5-4-7-11-26-12-8-6-9-13-26)29-18-19-36(39)31-23-28-16-17-30(40-3)33-32(28)35(36,34(29)41-33)20-22-37(31)24-27-14-15-27/h6,8-9,12-13,16-17,25,27,29,31,34,39H,4-5,7,10-11,14-15,18-24H2,1-3H3/t29-,31-,34+,35+,36-/m1/s1. The molecule has 2 bridgehead atoms. The van der Waals surface area contributed by atoms with Crippen molar-refractivity contribution in [2.45, 2.75) is 120 Å². The lowest BCUT2D eigenvalue weighted by molar-refractivity contribution is -0.202. The fourth-order valence-electron chi connectivity index (χ4n) is 9.37. The monoisotopic (exact) mass is 558 g/mol. The van der Waals surface area contributed by atoms with E-state index in [4.69, 9.17) is 9.47 Å². The summed E-state index contributed by atoms with van der Waals surface area (Å²) in [5.41, 5.74) is 3.04. The van der Waals surface area contributed by atoms with E-state index < -0.39 is 5.60 Å². The Kier molecular flexibility index (Phi) is 7.36. The van der Waals surface area contributed by atoms with Gasteiger partial charge in [0.15, 0.2) is 11.5 Å². The maximum absolute atomic E-state index is 12.9. The number of hydrogen-bond donors (Lipinski definition) is 1. The van der Waals surface area contributed by atoms with Crippen molar-refractivity contribution in [1.82, 2.24) is 9.80 Å². The average molecular weight is 559 g/mol. The summed E-state index contributed by atoms with van der Waals surface area (Å²) in [4.78, 5) is 5.40. The highest BCUT2D eigenvalue weighted by Crippen LogP contribution is 2.66. The summed E-state index contributed by atoms with van der Waals surface area (Å²) in [7, 11) is 1.76. The second-order valence-electron chi connectivity index (χ2n) is 14.1. The molecule has 0 amide bonds. The first kappa shape index (κ1) is 27.7. The number of benzene rings is 2. The number of methoxy groups -OCH3 is 1. The molecular weight excluding hydrogens is 508 g/mol. The molecule has 3 fully saturated rings. The topological polar surface area (TPSA) is 45.2 Å². The fraction of sp³-hybridized carbons (Fsp3) is 0.667. The van der Waals surface area contributed by atoms with Crippen molar-refractivity contribution in [2.75, 3.05) is 26.7 Å². The number of rotatable bonds is 12. The molecule has 2 aromatic rings. The highest BCUT2D eigenvalue weighted by atomic mass is 16.5. The predicted octanol–water partition coefficient (Wildman–Crippen LogP) is 6.14. The second-order valence-corrected chi connectivity index (χ2v) is 14.1. The molecule has 7 rings (SSSR count). The van der Waals surface area contributed by atoms with Gasteiger partial charge in [0, 0.05) is 30.2 Å². The molecule has 41 heavy (non-hydrogen) atoms. The van der Waals surface area contributed by atoms with Gasteiger partial charge in [-0.2, -0.15) is 0 Å². The van der Waals surface area contributed by atoms with Crippen LogP contribution in [0, 0.1) is 5.92 Å². The van der Waals surface area contributed by atoms with E-state index in [0.717, 1.165) is 62.7 Å². The molecule has 1 saturated heterocycles. The minimum atomic E-state index is -0.744. The van der Waals surface area contributed by atoms with Gasteiger partial charge >= 0.3 is 0 Å². The Morgan fingerprint density at radius 2 is 1.83 bits per heavy atom. The number of piperidine rings is 1. The molecule has 1 spiro atoms. The first-order chi connectivity index (χ1) is 20.0. The van der Waals surface area contributed by atoms with Crippen LogP contribution >= 0.6 is 0 Å². The van der Waals surface area contributed by atoms with Crippen molar-refractivity contribution in [3.8, 4) is 11.5 Å². The third-order valence-corrected chi connectivity index (χ3v) is 11.5. The molecule has 0 aromatic heterocycles. The first-order valence-corrected chi connectivity index (χ1v) is 16.6. The van der Waals surface area contributed by atoms with Crippen LogP contribution in [0.5, 0.6) is 11.5 Å². The summed E-state index contributed by atoms with van der Waals surface area (Å²) in [5, 5.41) is 12.9. The number of ether oxygens (including phenoxy) is 2.